The van der Waals surface area contributed by atoms with Gasteiger partial charge in [-0.3, -0.25) is 5.84 Å². The molecule has 0 heterocycles. The number of aryl methyl sites for hydroxylation is 1. The molecule has 0 fully saturated rings. The summed E-state index contributed by atoms with van der Waals surface area (Å²) >= 11 is 0. The molecule has 112 valence electrons. The second kappa shape index (κ2) is 5.83. The number of hydrogen-bond acceptors (Lipinski definition) is 2. The van der Waals surface area contributed by atoms with E-state index in [1.165, 1.54) is 6.07 Å². The Kier molecular flexibility index (Phi) is 4.29. The van der Waals surface area contributed by atoms with Gasteiger partial charge in [-0.1, -0.05) is 30.3 Å². The maximum absolute atomic E-state index is 13.7. The summed E-state index contributed by atoms with van der Waals surface area (Å²) in [5, 5.41) is 0. The monoisotopic (exact) mass is 298 g/mol. The summed E-state index contributed by atoms with van der Waals surface area (Å²) in [6.07, 6.45) is -4.71. The predicted molar refractivity (Wildman–Crippen MR) is 71.7 cm³/mol. The second-order valence-corrected chi connectivity index (χ2v) is 4.69. The van der Waals surface area contributed by atoms with Crippen LogP contribution < -0.4 is 11.3 Å². The third kappa shape index (κ3) is 3.22. The third-order valence-corrected chi connectivity index (χ3v) is 3.30. The highest BCUT2D eigenvalue weighted by molar-refractivity contribution is 5.38. The van der Waals surface area contributed by atoms with Gasteiger partial charge in [0, 0.05) is 0 Å². The Labute approximate surface area is 119 Å². The molecule has 1 atom stereocenters. The zero-order valence-electron chi connectivity index (χ0n) is 11.2. The van der Waals surface area contributed by atoms with Crippen LogP contribution in [0.15, 0.2) is 42.5 Å². The van der Waals surface area contributed by atoms with Crippen molar-refractivity contribution in [1.29, 1.82) is 0 Å². The van der Waals surface area contributed by atoms with Gasteiger partial charge < -0.3 is 0 Å². The molecule has 0 radical (unpaired) electrons. The molecule has 3 N–H and O–H groups in total. The molecule has 0 saturated carbocycles. The Morgan fingerprint density at radius 1 is 1.10 bits per heavy atom. The molecule has 2 rings (SSSR count). The van der Waals surface area contributed by atoms with Crippen molar-refractivity contribution in [3.05, 3.63) is 70.5 Å². The lowest BCUT2D eigenvalue weighted by atomic mass is 9.94. The normalized spacial score (nSPS) is 13.2. The van der Waals surface area contributed by atoms with Gasteiger partial charge in [-0.05, 0) is 35.7 Å². The summed E-state index contributed by atoms with van der Waals surface area (Å²) in [4.78, 5) is 0. The summed E-state index contributed by atoms with van der Waals surface area (Å²) in [7, 11) is 0. The first-order chi connectivity index (χ1) is 9.84. The molecular formula is C15H14F4N2. The third-order valence-electron chi connectivity index (χ3n) is 3.30. The van der Waals surface area contributed by atoms with Crippen LogP contribution in [0.2, 0.25) is 0 Å². The lowest BCUT2D eigenvalue weighted by molar-refractivity contribution is -0.140. The number of hydrazine groups is 1. The number of hydrogen-bond donors (Lipinski definition) is 2. The van der Waals surface area contributed by atoms with Crippen LogP contribution in [0.25, 0.3) is 0 Å². The van der Waals surface area contributed by atoms with E-state index in [2.05, 4.69) is 5.43 Å². The molecule has 0 aliphatic rings. The van der Waals surface area contributed by atoms with Gasteiger partial charge in [-0.2, -0.15) is 13.2 Å². The first-order valence-corrected chi connectivity index (χ1v) is 6.23. The fourth-order valence-corrected chi connectivity index (χ4v) is 2.22. The van der Waals surface area contributed by atoms with Gasteiger partial charge >= 0.3 is 6.18 Å². The van der Waals surface area contributed by atoms with E-state index < -0.39 is 23.6 Å². The quantitative estimate of drug-likeness (QED) is 0.515. The van der Waals surface area contributed by atoms with Gasteiger partial charge in [0.1, 0.15) is 5.82 Å². The van der Waals surface area contributed by atoms with Gasteiger partial charge in [0.25, 0.3) is 0 Å². The topological polar surface area (TPSA) is 38.0 Å². The van der Waals surface area contributed by atoms with Gasteiger partial charge in [0.2, 0.25) is 0 Å². The highest BCUT2D eigenvalue weighted by Gasteiger charge is 2.34. The fourth-order valence-electron chi connectivity index (χ4n) is 2.22. The summed E-state index contributed by atoms with van der Waals surface area (Å²) < 4.78 is 51.4. The van der Waals surface area contributed by atoms with Crippen LogP contribution >= 0.6 is 0 Å². The summed E-state index contributed by atoms with van der Waals surface area (Å²) in [5.41, 5.74) is 3.24. The number of benzene rings is 2. The van der Waals surface area contributed by atoms with Crippen LogP contribution in [0.1, 0.15) is 28.3 Å². The van der Waals surface area contributed by atoms with Crippen molar-refractivity contribution in [3.8, 4) is 0 Å². The van der Waals surface area contributed by atoms with Gasteiger partial charge in [-0.25, -0.2) is 9.82 Å². The van der Waals surface area contributed by atoms with Crippen LogP contribution in [0.4, 0.5) is 17.6 Å². The summed E-state index contributed by atoms with van der Waals surface area (Å²) in [6, 6.07) is 9.49. The van der Waals surface area contributed by atoms with Gasteiger partial charge in [0.05, 0.1) is 11.6 Å². The average molecular weight is 298 g/mol. The van der Waals surface area contributed by atoms with Crippen LogP contribution in [-0.2, 0) is 6.18 Å². The summed E-state index contributed by atoms with van der Waals surface area (Å²) in [5.74, 6) is 4.17. The van der Waals surface area contributed by atoms with E-state index in [0.29, 0.717) is 5.56 Å². The minimum Gasteiger partial charge on any atom is -0.271 e. The second-order valence-electron chi connectivity index (χ2n) is 4.69. The molecule has 2 aromatic carbocycles. The number of halogens is 4. The molecule has 2 nitrogen and oxygen atoms in total. The van der Waals surface area contributed by atoms with Crippen molar-refractivity contribution in [2.24, 2.45) is 5.84 Å². The molecule has 2 aromatic rings. The fraction of sp³-hybridized carbons (Fsp3) is 0.200. The molecule has 21 heavy (non-hydrogen) atoms. The van der Waals surface area contributed by atoms with E-state index in [0.717, 1.165) is 23.3 Å². The highest BCUT2D eigenvalue weighted by Crippen LogP contribution is 2.33. The van der Waals surface area contributed by atoms with E-state index >= 15 is 0 Å². The molecule has 0 aromatic heterocycles. The predicted octanol–water partition coefficient (Wildman–Crippen LogP) is 3.71. The van der Waals surface area contributed by atoms with E-state index in [4.69, 9.17) is 5.84 Å². The number of nitrogens with one attached hydrogen (secondary N) is 1. The SMILES string of the molecule is Cc1ccccc1C(NN)c1ccc(C(F)(F)F)c(F)c1. The molecule has 6 heteroatoms. The zero-order valence-corrected chi connectivity index (χ0v) is 11.2. The van der Waals surface area contributed by atoms with Crippen molar-refractivity contribution in [1.82, 2.24) is 5.43 Å². The average Bonchev–Trinajstić information content (AvgIpc) is 2.40. The summed E-state index contributed by atoms with van der Waals surface area (Å²) in [6.45, 7) is 1.85. The van der Waals surface area contributed by atoms with Crippen LogP contribution in [-0.4, -0.2) is 0 Å². The van der Waals surface area contributed by atoms with Crippen LogP contribution in [0.3, 0.4) is 0 Å². The van der Waals surface area contributed by atoms with Crippen LogP contribution in [0, 0.1) is 12.7 Å². The lowest BCUT2D eigenvalue weighted by Crippen LogP contribution is -2.29. The van der Waals surface area contributed by atoms with Crippen LogP contribution in [0.5, 0.6) is 0 Å². The minimum atomic E-state index is -4.71. The smallest absolute Gasteiger partial charge is 0.271 e. The molecular weight excluding hydrogens is 284 g/mol. The Balaban J connectivity index is 2.45. The molecule has 0 spiro atoms. The van der Waals surface area contributed by atoms with Crippen molar-refractivity contribution in [3.63, 3.8) is 0 Å². The number of alkyl halides is 3. The first-order valence-electron chi connectivity index (χ1n) is 6.23. The number of nitrogens with two attached hydrogens (primary N) is 1. The van der Waals surface area contributed by atoms with E-state index in [1.807, 2.05) is 19.1 Å². The largest absolute Gasteiger partial charge is 0.419 e. The van der Waals surface area contributed by atoms with Gasteiger partial charge in [0.15, 0.2) is 0 Å². The Bertz CT molecular complexity index is 638. The minimum absolute atomic E-state index is 0.331. The van der Waals surface area contributed by atoms with Crippen molar-refractivity contribution in [2.75, 3.05) is 0 Å². The van der Waals surface area contributed by atoms with E-state index in [1.54, 1.807) is 12.1 Å². The Morgan fingerprint density at radius 3 is 2.29 bits per heavy atom. The van der Waals surface area contributed by atoms with Crippen molar-refractivity contribution < 1.29 is 17.6 Å². The van der Waals surface area contributed by atoms with Crippen molar-refractivity contribution in [2.45, 2.75) is 19.1 Å². The molecule has 0 bridgehead atoms. The molecule has 0 saturated heterocycles. The first kappa shape index (κ1) is 15.5. The molecule has 0 aliphatic carbocycles. The number of rotatable bonds is 3. The maximum Gasteiger partial charge on any atom is 0.419 e. The molecule has 0 amide bonds. The maximum atomic E-state index is 13.7. The standard InChI is InChI=1S/C15H14F4N2/c1-9-4-2-3-5-11(9)14(21-20)10-6-7-12(13(16)8-10)15(17,18)19/h2-8,14,21H,20H2,1H3. The lowest BCUT2D eigenvalue weighted by Gasteiger charge is -2.20. The Hall–Kier alpha value is -1.92. The zero-order chi connectivity index (χ0) is 15.6. The Morgan fingerprint density at radius 2 is 1.76 bits per heavy atom. The van der Waals surface area contributed by atoms with E-state index in [-0.39, 0.29) is 0 Å². The van der Waals surface area contributed by atoms with Crippen molar-refractivity contribution >= 4 is 0 Å². The molecule has 0 aliphatic heterocycles. The van der Waals surface area contributed by atoms with Gasteiger partial charge in [-0.15, -0.1) is 0 Å². The highest BCUT2D eigenvalue weighted by atomic mass is 19.4. The van der Waals surface area contributed by atoms with E-state index in [9.17, 15) is 17.6 Å². The molecule has 1 unspecified atom stereocenters.